The Morgan fingerprint density at radius 3 is 1.44 bits per heavy atom. The molecule has 320 valence electrons. The van der Waals surface area contributed by atoms with E-state index >= 15 is 0 Å². The molecule has 64 heavy (non-hydrogen) atoms. The van der Waals surface area contributed by atoms with E-state index < -0.39 is 12.2 Å². The molecule has 0 aliphatic heterocycles. The molecule has 10 aromatic rings. The Morgan fingerprint density at radius 2 is 1.03 bits per heavy atom. The van der Waals surface area contributed by atoms with Crippen molar-refractivity contribution in [3.8, 4) is 34.2 Å². The van der Waals surface area contributed by atoms with Gasteiger partial charge in [0.25, 0.3) is 11.1 Å². The van der Waals surface area contributed by atoms with Gasteiger partial charge in [-0.3, -0.25) is 9.59 Å². The molecule has 0 bridgehead atoms. The van der Waals surface area contributed by atoms with Gasteiger partial charge in [-0.15, -0.1) is 0 Å². The number of aliphatic hydroxyl groups is 2. The molecule has 0 amide bonds. The number of fused-ring (bicyclic) bond motifs is 2. The largest absolute Gasteiger partial charge is 0.387 e. The van der Waals surface area contributed by atoms with Crippen LogP contribution in [-0.2, 0) is 0 Å². The number of nitrogens with one attached hydrogen (secondary N) is 6. The Hall–Kier alpha value is -7.76. The predicted octanol–water partition coefficient (Wildman–Crippen LogP) is 7.81. The molecule has 6 aromatic heterocycles. The fourth-order valence-corrected chi connectivity index (χ4v) is 7.56. The smallest absolute Gasteiger partial charge is 0.261 e. The highest BCUT2D eigenvalue weighted by Gasteiger charge is 2.18. The zero-order chi connectivity index (χ0) is 44.2. The minimum absolute atomic E-state index is 0.195. The predicted molar refractivity (Wildman–Crippen MR) is 248 cm³/mol. The first kappa shape index (κ1) is 41.6. The number of aromatic nitrogens is 10. The number of halogens is 2. The first-order chi connectivity index (χ1) is 31.2. The van der Waals surface area contributed by atoms with E-state index in [4.69, 9.17) is 23.2 Å². The highest BCUT2D eigenvalue weighted by Crippen LogP contribution is 2.28. The van der Waals surface area contributed by atoms with Crippen LogP contribution in [0.1, 0.15) is 23.3 Å². The number of H-pyrrole nitrogens is 4. The van der Waals surface area contributed by atoms with Gasteiger partial charge < -0.3 is 40.8 Å². The lowest BCUT2D eigenvalue weighted by Crippen LogP contribution is -2.17. The van der Waals surface area contributed by atoms with Crippen LogP contribution in [0, 0.1) is 0 Å². The van der Waals surface area contributed by atoms with Crippen molar-refractivity contribution < 1.29 is 10.2 Å². The number of hydrogen-bond donors (Lipinski definition) is 8. The van der Waals surface area contributed by atoms with Gasteiger partial charge >= 0.3 is 0 Å². The summed E-state index contributed by atoms with van der Waals surface area (Å²) in [7, 11) is 0. The van der Waals surface area contributed by atoms with Gasteiger partial charge in [0.2, 0.25) is 0 Å². The molecule has 6 heterocycles. The summed E-state index contributed by atoms with van der Waals surface area (Å²) in [6.45, 7) is 0.390. The van der Waals surface area contributed by atoms with Crippen LogP contribution in [0.4, 0.5) is 11.4 Å². The van der Waals surface area contributed by atoms with E-state index in [1.54, 1.807) is 94.8 Å². The quantitative estimate of drug-likeness (QED) is 0.0594. The second kappa shape index (κ2) is 18.3. The standard InChI is InChI=1S/2C23H19ClN6O2/c2*24-15-4-1-3-14(11-15)20(31)13-26-18-7-9-25-23(32)21(18)22-28-17-6-5-16(12-19(17)29-22)30-10-2-8-27-30/h2*1-12,20,31H,13H2,(H,28,29)(H2,25,26,32). The number of benzene rings is 4. The third-order valence-corrected chi connectivity index (χ3v) is 10.8. The SMILES string of the molecule is O=c1[nH]ccc(NCC(O)c2cccc(Cl)c2)c1-c1nc2ccc(-n3cccn3)cc2[nH]1.O=c1[nH]ccc(NCC(O)c2cccc(Cl)c2)c1-c1nc2ccc(-n3cccn3)cc2[nH]1. The second-order valence-electron chi connectivity index (χ2n) is 14.6. The summed E-state index contributed by atoms with van der Waals surface area (Å²) in [4.78, 5) is 46.4. The number of aliphatic hydroxyl groups excluding tert-OH is 2. The lowest BCUT2D eigenvalue weighted by atomic mass is 10.1. The molecular weight excluding hydrogens is 855 g/mol. The molecule has 2 atom stereocenters. The van der Waals surface area contributed by atoms with Crippen LogP contribution < -0.4 is 21.8 Å². The molecule has 0 spiro atoms. The third kappa shape index (κ3) is 9.06. The Morgan fingerprint density at radius 1 is 0.578 bits per heavy atom. The molecule has 8 N–H and O–H groups in total. The van der Waals surface area contributed by atoms with E-state index in [0.717, 1.165) is 33.4 Å². The van der Waals surface area contributed by atoms with Gasteiger partial charge in [0, 0.05) is 60.3 Å². The fourth-order valence-electron chi connectivity index (χ4n) is 7.16. The molecule has 0 aliphatic rings. The van der Waals surface area contributed by atoms with Gasteiger partial charge in [0.1, 0.15) is 22.8 Å². The molecule has 4 aromatic carbocycles. The number of anilines is 2. The Balaban J connectivity index is 0.000000162. The van der Waals surface area contributed by atoms with Crippen molar-refractivity contribution in [1.29, 1.82) is 0 Å². The molecule has 0 saturated carbocycles. The van der Waals surface area contributed by atoms with Crippen molar-refractivity contribution in [2.75, 3.05) is 23.7 Å². The summed E-state index contributed by atoms with van der Waals surface area (Å²) in [5.41, 5.74) is 7.39. The van der Waals surface area contributed by atoms with Crippen LogP contribution in [0.2, 0.25) is 10.0 Å². The molecule has 0 radical (unpaired) electrons. The van der Waals surface area contributed by atoms with Crippen LogP contribution in [-0.4, -0.2) is 72.8 Å². The van der Waals surface area contributed by atoms with Crippen LogP contribution in [0.5, 0.6) is 0 Å². The summed E-state index contributed by atoms with van der Waals surface area (Å²) in [6.07, 6.45) is 8.64. The minimum atomic E-state index is -0.798. The zero-order valence-corrected chi connectivity index (χ0v) is 35.1. The van der Waals surface area contributed by atoms with E-state index in [-0.39, 0.29) is 24.2 Å². The molecule has 0 aliphatic carbocycles. The molecule has 0 fully saturated rings. The maximum Gasteiger partial charge on any atom is 0.261 e. The minimum Gasteiger partial charge on any atom is -0.387 e. The number of rotatable bonds is 12. The van der Waals surface area contributed by atoms with Crippen LogP contribution in [0.25, 0.3) is 56.2 Å². The van der Waals surface area contributed by atoms with Crippen LogP contribution in [0.15, 0.2) is 156 Å². The molecule has 18 heteroatoms. The van der Waals surface area contributed by atoms with Gasteiger partial charge in [0.15, 0.2) is 0 Å². The number of imidazole rings is 2. The first-order valence-corrected chi connectivity index (χ1v) is 20.7. The summed E-state index contributed by atoms with van der Waals surface area (Å²) >= 11 is 12.0. The van der Waals surface area contributed by atoms with E-state index in [2.05, 4.69) is 50.7 Å². The highest BCUT2D eigenvalue weighted by molar-refractivity contribution is 6.30. The van der Waals surface area contributed by atoms with E-state index in [1.165, 1.54) is 0 Å². The van der Waals surface area contributed by atoms with Gasteiger partial charge in [-0.2, -0.15) is 10.2 Å². The van der Waals surface area contributed by atoms with Crippen molar-refractivity contribution in [3.05, 3.63) is 188 Å². The highest BCUT2D eigenvalue weighted by atomic mass is 35.5. The zero-order valence-electron chi connectivity index (χ0n) is 33.6. The monoisotopic (exact) mass is 892 g/mol. The second-order valence-corrected chi connectivity index (χ2v) is 15.4. The Kier molecular flexibility index (Phi) is 11.9. The normalized spacial score (nSPS) is 12.2. The lowest BCUT2D eigenvalue weighted by Gasteiger charge is -2.15. The summed E-state index contributed by atoms with van der Waals surface area (Å²) in [5.74, 6) is 0.860. The Labute approximate surface area is 373 Å². The van der Waals surface area contributed by atoms with Gasteiger partial charge in [-0.25, -0.2) is 19.3 Å². The summed E-state index contributed by atoms with van der Waals surface area (Å²) in [5, 5.41) is 37.0. The number of hydrogen-bond acceptors (Lipinski definition) is 10. The summed E-state index contributed by atoms with van der Waals surface area (Å²) in [6, 6.07) is 32.7. The molecule has 16 nitrogen and oxygen atoms in total. The van der Waals surface area contributed by atoms with E-state index in [0.29, 0.717) is 55.3 Å². The number of pyridine rings is 2. The molecule has 0 saturated heterocycles. The van der Waals surface area contributed by atoms with Gasteiger partial charge in [-0.1, -0.05) is 47.5 Å². The first-order valence-electron chi connectivity index (χ1n) is 20.0. The maximum atomic E-state index is 12.7. The maximum absolute atomic E-state index is 12.7. The van der Waals surface area contributed by atoms with Crippen molar-refractivity contribution in [2.45, 2.75) is 12.2 Å². The van der Waals surface area contributed by atoms with Crippen molar-refractivity contribution in [1.82, 2.24) is 49.5 Å². The van der Waals surface area contributed by atoms with Crippen molar-refractivity contribution in [2.24, 2.45) is 0 Å². The molecular formula is C46H38Cl2N12O4. The Bertz CT molecular complexity index is 3100. The molecule has 10 rings (SSSR count). The van der Waals surface area contributed by atoms with Gasteiger partial charge in [0.05, 0.1) is 57.0 Å². The lowest BCUT2D eigenvalue weighted by molar-refractivity contribution is 0.191. The van der Waals surface area contributed by atoms with Gasteiger partial charge in [-0.05, 0) is 96.1 Å². The average Bonchev–Trinajstić information content (AvgIpc) is 4.15. The van der Waals surface area contributed by atoms with E-state index in [9.17, 15) is 19.8 Å². The van der Waals surface area contributed by atoms with Crippen molar-refractivity contribution in [3.63, 3.8) is 0 Å². The van der Waals surface area contributed by atoms with E-state index in [1.807, 2.05) is 60.9 Å². The van der Waals surface area contributed by atoms with Crippen LogP contribution >= 0.6 is 23.2 Å². The summed E-state index contributed by atoms with van der Waals surface area (Å²) < 4.78 is 3.50. The number of nitrogens with zero attached hydrogens (tertiary/aromatic N) is 6. The average molecular weight is 894 g/mol. The van der Waals surface area contributed by atoms with Crippen molar-refractivity contribution >= 4 is 56.6 Å². The fraction of sp³-hybridized carbons (Fsp3) is 0.0870. The number of aromatic amines is 4. The third-order valence-electron chi connectivity index (χ3n) is 10.3. The van der Waals surface area contributed by atoms with Crippen LogP contribution in [0.3, 0.4) is 0 Å². The topological polar surface area (TPSA) is 223 Å². The molecule has 2 unspecified atom stereocenters.